The summed E-state index contributed by atoms with van der Waals surface area (Å²) in [4.78, 5) is 4.51. The molecular weight excluding hydrogens is 188 g/mol. The topological polar surface area (TPSA) is 27.1 Å². The maximum Gasteiger partial charge on any atom is 0.147 e. The van der Waals surface area contributed by atoms with E-state index >= 15 is 0 Å². The van der Waals surface area contributed by atoms with Crippen molar-refractivity contribution in [3.8, 4) is 0 Å². The number of nitrogens with zero attached hydrogens (tertiary/aromatic N) is 2. The van der Waals surface area contributed by atoms with Crippen LogP contribution in [-0.2, 0) is 17.9 Å². The SMILES string of the molecule is C=COCc1nc2ccccc2n1CC. The second-order valence-electron chi connectivity index (χ2n) is 3.24. The monoisotopic (exact) mass is 202 g/mol. The van der Waals surface area contributed by atoms with Gasteiger partial charge in [0.2, 0.25) is 0 Å². The van der Waals surface area contributed by atoms with Gasteiger partial charge >= 0.3 is 0 Å². The highest BCUT2D eigenvalue weighted by Gasteiger charge is 2.07. The molecule has 0 saturated heterocycles. The highest BCUT2D eigenvalue weighted by atomic mass is 16.5. The molecule has 0 atom stereocenters. The molecule has 0 aliphatic carbocycles. The number of rotatable bonds is 4. The summed E-state index contributed by atoms with van der Waals surface area (Å²) in [6, 6.07) is 8.10. The first-order valence-electron chi connectivity index (χ1n) is 5.03. The van der Waals surface area contributed by atoms with Gasteiger partial charge in [-0.3, -0.25) is 0 Å². The number of ether oxygens (including phenoxy) is 1. The fourth-order valence-electron chi connectivity index (χ4n) is 1.72. The van der Waals surface area contributed by atoms with Crippen molar-refractivity contribution in [1.29, 1.82) is 0 Å². The van der Waals surface area contributed by atoms with Crippen molar-refractivity contribution in [3.63, 3.8) is 0 Å². The third-order valence-electron chi connectivity index (χ3n) is 2.38. The highest BCUT2D eigenvalue weighted by molar-refractivity contribution is 5.75. The number of benzene rings is 1. The van der Waals surface area contributed by atoms with Crippen LogP contribution in [0.3, 0.4) is 0 Å². The molecule has 2 rings (SSSR count). The van der Waals surface area contributed by atoms with Crippen molar-refractivity contribution in [2.45, 2.75) is 20.1 Å². The largest absolute Gasteiger partial charge is 0.494 e. The molecule has 0 fully saturated rings. The van der Waals surface area contributed by atoms with Gasteiger partial charge in [-0.2, -0.15) is 0 Å². The molecule has 3 nitrogen and oxygen atoms in total. The van der Waals surface area contributed by atoms with Gasteiger partial charge in [0.05, 0.1) is 17.3 Å². The number of aryl methyl sites for hydroxylation is 1. The Balaban J connectivity index is 2.48. The van der Waals surface area contributed by atoms with Gasteiger partial charge in [-0.25, -0.2) is 4.98 Å². The van der Waals surface area contributed by atoms with Crippen LogP contribution in [0.25, 0.3) is 11.0 Å². The van der Waals surface area contributed by atoms with E-state index in [2.05, 4.69) is 29.1 Å². The van der Waals surface area contributed by atoms with Crippen LogP contribution in [0.1, 0.15) is 12.7 Å². The first kappa shape index (κ1) is 9.77. The van der Waals surface area contributed by atoms with Crippen LogP contribution in [0.5, 0.6) is 0 Å². The van der Waals surface area contributed by atoms with Gasteiger partial charge in [0.25, 0.3) is 0 Å². The molecule has 15 heavy (non-hydrogen) atoms. The van der Waals surface area contributed by atoms with E-state index in [9.17, 15) is 0 Å². The first-order chi connectivity index (χ1) is 7.36. The number of para-hydroxylation sites is 2. The van der Waals surface area contributed by atoms with E-state index in [0.717, 1.165) is 23.4 Å². The normalized spacial score (nSPS) is 10.5. The molecule has 1 heterocycles. The summed E-state index contributed by atoms with van der Waals surface area (Å²) in [5.74, 6) is 0.943. The molecule has 1 aromatic heterocycles. The quantitative estimate of drug-likeness (QED) is 0.713. The molecule has 0 unspecified atom stereocenters. The zero-order valence-corrected chi connectivity index (χ0v) is 8.81. The summed E-state index contributed by atoms with van der Waals surface area (Å²) < 4.78 is 7.32. The molecule has 0 N–H and O–H groups in total. The number of imidazole rings is 1. The van der Waals surface area contributed by atoms with Crippen LogP contribution in [-0.4, -0.2) is 9.55 Å². The second kappa shape index (κ2) is 4.17. The zero-order chi connectivity index (χ0) is 10.7. The minimum absolute atomic E-state index is 0.478. The van der Waals surface area contributed by atoms with Gasteiger partial charge in [0.15, 0.2) is 0 Å². The Morgan fingerprint density at radius 2 is 2.27 bits per heavy atom. The van der Waals surface area contributed by atoms with E-state index in [1.165, 1.54) is 6.26 Å². The number of hydrogen-bond donors (Lipinski definition) is 0. The lowest BCUT2D eigenvalue weighted by molar-refractivity contribution is 0.225. The molecule has 0 amide bonds. The molecule has 1 aromatic carbocycles. The molecule has 0 aliphatic heterocycles. The van der Waals surface area contributed by atoms with Crippen molar-refractivity contribution in [1.82, 2.24) is 9.55 Å². The Kier molecular flexibility index (Phi) is 2.72. The molecular formula is C12H14N2O. The predicted molar refractivity (Wildman–Crippen MR) is 60.4 cm³/mol. The van der Waals surface area contributed by atoms with E-state index in [1.54, 1.807) is 0 Å². The van der Waals surface area contributed by atoms with Gasteiger partial charge in [-0.1, -0.05) is 18.7 Å². The third-order valence-corrected chi connectivity index (χ3v) is 2.38. The first-order valence-corrected chi connectivity index (χ1v) is 5.03. The lowest BCUT2D eigenvalue weighted by atomic mass is 10.3. The fourth-order valence-corrected chi connectivity index (χ4v) is 1.72. The molecule has 3 heteroatoms. The number of hydrogen-bond acceptors (Lipinski definition) is 2. The van der Waals surface area contributed by atoms with Gasteiger partial charge in [0.1, 0.15) is 12.4 Å². The maximum atomic E-state index is 5.17. The number of fused-ring (bicyclic) bond motifs is 1. The van der Waals surface area contributed by atoms with Crippen LogP contribution >= 0.6 is 0 Å². The van der Waals surface area contributed by atoms with E-state index in [4.69, 9.17) is 4.74 Å². The van der Waals surface area contributed by atoms with Crippen LogP contribution in [0.15, 0.2) is 37.1 Å². The summed E-state index contributed by atoms with van der Waals surface area (Å²) in [7, 11) is 0. The smallest absolute Gasteiger partial charge is 0.147 e. The van der Waals surface area contributed by atoms with Gasteiger partial charge in [0, 0.05) is 6.54 Å². The maximum absolute atomic E-state index is 5.17. The van der Waals surface area contributed by atoms with Crippen molar-refractivity contribution in [2.75, 3.05) is 0 Å². The number of aromatic nitrogens is 2. The zero-order valence-electron chi connectivity index (χ0n) is 8.81. The van der Waals surface area contributed by atoms with Crippen LogP contribution < -0.4 is 0 Å². The third kappa shape index (κ3) is 1.73. The molecule has 0 bridgehead atoms. The fraction of sp³-hybridized carbons (Fsp3) is 0.250. The molecule has 0 radical (unpaired) electrons. The van der Waals surface area contributed by atoms with Gasteiger partial charge < -0.3 is 9.30 Å². The van der Waals surface area contributed by atoms with E-state index in [0.29, 0.717) is 6.61 Å². The summed E-state index contributed by atoms with van der Waals surface area (Å²) in [5.41, 5.74) is 2.17. The Morgan fingerprint density at radius 3 is 3.00 bits per heavy atom. The average Bonchev–Trinajstić information content (AvgIpc) is 2.63. The lowest BCUT2D eigenvalue weighted by Gasteiger charge is -2.04. The molecule has 2 aromatic rings. The highest BCUT2D eigenvalue weighted by Crippen LogP contribution is 2.16. The lowest BCUT2D eigenvalue weighted by Crippen LogP contribution is -2.02. The summed E-state index contributed by atoms with van der Waals surface area (Å²) in [6.45, 7) is 7.01. The summed E-state index contributed by atoms with van der Waals surface area (Å²) >= 11 is 0. The molecule has 0 saturated carbocycles. The Labute approximate surface area is 89.0 Å². The average molecular weight is 202 g/mol. The predicted octanol–water partition coefficient (Wildman–Crippen LogP) is 2.72. The summed E-state index contributed by atoms with van der Waals surface area (Å²) in [6.07, 6.45) is 1.44. The van der Waals surface area contributed by atoms with E-state index in [1.807, 2.05) is 18.2 Å². The summed E-state index contributed by atoms with van der Waals surface area (Å²) in [5, 5.41) is 0. The van der Waals surface area contributed by atoms with Crippen molar-refractivity contribution in [3.05, 3.63) is 42.9 Å². The second-order valence-corrected chi connectivity index (χ2v) is 3.24. The van der Waals surface area contributed by atoms with Gasteiger partial charge in [-0.15, -0.1) is 0 Å². The van der Waals surface area contributed by atoms with Crippen molar-refractivity contribution >= 4 is 11.0 Å². The Bertz CT molecular complexity index is 473. The minimum Gasteiger partial charge on any atom is -0.494 e. The van der Waals surface area contributed by atoms with E-state index in [-0.39, 0.29) is 0 Å². The Hall–Kier alpha value is -1.77. The van der Waals surface area contributed by atoms with Crippen LogP contribution in [0.4, 0.5) is 0 Å². The van der Waals surface area contributed by atoms with E-state index < -0.39 is 0 Å². The molecule has 0 spiro atoms. The minimum atomic E-state index is 0.478. The van der Waals surface area contributed by atoms with Crippen molar-refractivity contribution in [2.24, 2.45) is 0 Å². The standard InChI is InChI=1S/C12H14N2O/c1-3-14-11-8-6-5-7-10(11)13-12(14)9-15-4-2/h4-8H,2-3,9H2,1H3. The Morgan fingerprint density at radius 1 is 1.47 bits per heavy atom. The van der Waals surface area contributed by atoms with Crippen LogP contribution in [0, 0.1) is 0 Å². The molecule has 0 aliphatic rings. The van der Waals surface area contributed by atoms with Crippen LogP contribution in [0.2, 0.25) is 0 Å². The molecule has 78 valence electrons. The van der Waals surface area contributed by atoms with Crippen molar-refractivity contribution < 1.29 is 4.74 Å². The van der Waals surface area contributed by atoms with Gasteiger partial charge in [-0.05, 0) is 19.1 Å².